The van der Waals surface area contributed by atoms with Gasteiger partial charge in [0.05, 0.1) is 0 Å². The summed E-state index contributed by atoms with van der Waals surface area (Å²) in [6.45, 7) is 3.53. The molecule has 13 nitrogen and oxygen atoms in total. The van der Waals surface area contributed by atoms with E-state index in [0.29, 0.717) is 0 Å². The Morgan fingerprint density at radius 3 is 1.96 bits per heavy atom. The van der Waals surface area contributed by atoms with E-state index in [1.807, 2.05) is 0 Å². The highest BCUT2D eigenvalue weighted by atomic mass is 16.7. The standard InChI is InChI=1S/C14H19N3O10/c1-6(18)23-5-10-11(24-7(2)19)14(22,16-17-15)12(25-8(3)20)13(27-10)26-9(4)21/h10-13,22H,5H2,1-4H3/t10-,11-,12+,13?,14+/m1/s1. The van der Waals surface area contributed by atoms with E-state index in [2.05, 4.69) is 10.0 Å². The molecule has 1 aliphatic rings. The minimum Gasteiger partial charge on any atom is -0.463 e. The predicted octanol–water partition coefficient (Wildman–Crippen LogP) is -0.300. The lowest BCUT2D eigenvalue weighted by Crippen LogP contribution is -2.68. The minimum absolute atomic E-state index is 0.554. The van der Waals surface area contributed by atoms with Crippen LogP contribution in [0.3, 0.4) is 0 Å². The van der Waals surface area contributed by atoms with Gasteiger partial charge in [-0.2, -0.15) is 0 Å². The molecule has 0 aromatic heterocycles. The van der Waals surface area contributed by atoms with Crippen molar-refractivity contribution in [2.24, 2.45) is 5.11 Å². The molecule has 13 heteroatoms. The van der Waals surface area contributed by atoms with Crippen molar-refractivity contribution < 1.29 is 48.0 Å². The lowest BCUT2D eigenvalue weighted by atomic mass is 9.92. The van der Waals surface area contributed by atoms with Crippen molar-refractivity contribution in [2.75, 3.05) is 6.61 Å². The average molecular weight is 389 g/mol. The molecule has 0 aromatic carbocycles. The molecular weight excluding hydrogens is 370 g/mol. The van der Waals surface area contributed by atoms with E-state index < -0.39 is 60.8 Å². The van der Waals surface area contributed by atoms with E-state index in [9.17, 15) is 24.3 Å². The second-order valence-electron chi connectivity index (χ2n) is 5.49. The highest BCUT2D eigenvalue weighted by molar-refractivity contribution is 5.68. The summed E-state index contributed by atoms with van der Waals surface area (Å²) in [5.74, 6) is -3.45. The van der Waals surface area contributed by atoms with Crippen LogP contribution in [0.5, 0.6) is 0 Å². The zero-order valence-corrected chi connectivity index (χ0v) is 15.0. The summed E-state index contributed by atoms with van der Waals surface area (Å²) in [5.41, 5.74) is 6.12. The van der Waals surface area contributed by atoms with Crippen LogP contribution in [0.2, 0.25) is 0 Å². The molecule has 0 aliphatic carbocycles. The molecular formula is C14H19N3O10. The minimum atomic E-state index is -2.73. The summed E-state index contributed by atoms with van der Waals surface area (Å²) in [6.07, 6.45) is -6.77. The van der Waals surface area contributed by atoms with Gasteiger partial charge in [0.25, 0.3) is 0 Å². The maximum absolute atomic E-state index is 11.5. The number of carbonyl (C=O) groups is 4. The molecule has 1 heterocycles. The van der Waals surface area contributed by atoms with Crippen LogP contribution in [0.1, 0.15) is 27.7 Å². The molecule has 1 saturated heterocycles. The third-order valence-corrected chi connectivity index (χ3v) is 3.26. The Balaban J connectivity index is 3.43. The second-order valence-corrected chi connectivity index (χ2v) is 5.49. The van der Waals surface area contributed by atoms with Gasteiger partial charge in [-0.1, -0.05) is 5.11 Å². The molecule has 27 heavy (non-hydrogen) atoms. The molecule has 150 valence electrons. The van der Waals surface area contributed by atoms with Crippen LogP contribution in [-0.4, -0.2) is 65.9 Å². The number of hydrogen-bond donors (Lipinski definition) is 1. The van der Waals surface area contributed by atoms with Gasteiger partial charge < -0.3 is 28.8 Å². The van der Waals surface area contributed by atoms with E-state index in [1.54, 1.807) is 0 Å². The van der Waals surface area contributed by atoms with Crippen molar-refractivity contribution in [3.05, 3.63) is 10.4 Å². The molecule has 1 fully saturated rings. The molecule has 0 amide bonds. The third-order valence-electron chi connectivity index (χ3n) is 3.26. The molecule has 0 spiro atoms. The van der Waals surface area contributed by atoms with Crippen molar-refractivity contribution in [3.8, 4) is 0 Å². The van der Waals surface area contributed by atoms with E-state index >= 15 is 0 Å². The number of ether oxygens (including phenoxy) is 5. The van der Waals surface area contributed by atoms with Crippen LogP contribution in [0.15, 0.2) is 5.11 Å². The van der Waals surface area contributed by atoms with Gasteiger partial charge in [-0.3, -0.25) is 19.2 Å². The van der Waals surface area contributed by atoms with E-state index in [1.165, 1.54) is 0 Å². The summed E-state index contributed by atoms with van der Waals surface area (Å²) in [7, 11) is 0. The molecule has 0 saturated carbocycles. The van der Waals surface area contributed by atoms with Crippen molar-refractivity contribution >= 4 is 23.9 Å². The fourth-order valence-corrected chi connectivity index (χ4v) is 2.38. The normalized spacial score (nSPS) is 29.7. The monoisotopic (exact) mass is 389 g/mol. The second kappa shape index (κ2) is 9.16. The maximum atomic E-state index is 11.5. The Bertz CT molecular complexity index is 662. The third kappa shape index (κ3) is 5.81. The maximum Gasteiger partial charge on any atom is 0.305 e. The lowest BCUT2D eigenvalue weighted by Gasteiger charge is -2.47. The first kappa shape index (κ1) is 22.2. The van der Waals surface area contributed by atoms with Gasteiger partial charge in [-0.05, 0) is 5.53 Å². The smallest absolute Gasteiger partial charge is 0.305 e. The zero-order valence-electron chi connectivity index (χ0n) is 15.0. The van der Waals surface area contributed by atoms with Gasteiger partial charge >= 0.3 is 23.9 Å². The van der Waals surface area contributed by atoms with Gasteiger partial charge in [-0.25, -0.2) is 0 Å². The van der Waals surface area contributed by atoms with E-state index in [0.717, 1.165) is 27.7 Å². The molecule has 0 bridgehead atoms. The molecule has 0 aromatic rings. The number of rotatable bonds is 6. The highest BCUT2D eigenvalue weighted by Crippen LogP contribution is 2.36. The quantitative estimate of drug-likeness (QED) is 0.208. The first-order valence-corrected chi connectivity index (χ1v) is 7.60. The zero-order chi connectivity index (χ0) is 20.8. The van der Waals surface area contributed by atoms with Crippen LogP contribution in [-0.2, 0) is 42.9 Å². The molecule has 5 atom stereocenters. The number of hydrogen-bond acceptors (Lipinski definition) is 11. The Labute approximate surface area is 153 Å². The SMILES string of the molecule is CC(=O)OC[C@H]1OC(OC(C)=O)[C@H](OC(C)=O)[C@](O)(N=[N+]=[N-])[C@@H]1OC(C)=O. The van der Waals surface area contributed by atoms with Gasteiger partial charge in [0, 0.05) is 32.6 Å². The van der Waals surface area contributed by atoms with E-state index in [4.69, 9.17) is 29.2 Å². The predicted molar refractivity (Wildman–Crippen MR) is 82.3 cm³/mol. The first-order chi connectivity index (χ1) is 12.5. The molecule has 1 N–H and O–H groups in total. The highest BCUT2D eigenvalue weighted by Gasteiger charge is 2.61. The fourth-order valence-electron chi connectivity index (χ4n) is 2.38. The number of carbonyl (C=O) groups excluding carboxylic acids is 4. The van der Waals surface area contributed by atoms with Crippen molar-refractivity contribution in [2.45, 2.75) is 58.0 Å². The van der Waals surface area contributed by atoms with Gasteiger partial charge in [0.2, 0.25) is 18.1 Å². The van der Waals surface area contributed by atoms with Crippen molar-refractivity contribution in [1.29, 1.82) is 0 Å². The number of aliphatic hydroxyl groups is 1. The summed E-state index contributed by atoms with van der Waals surface area (Å²) in [4.78, 5) is 47.8. The molecule has 1 unspecified atom stereocenters. The fraction of sp³-hybridized carbons (Fsp3) is 0.714. The summed E-state index contributed by atoms with van der Waals surface area (Å²) >= 11 is 0. The van der Waals surface area contributed by atoms with Gasteiger partial charge in [-0.15, -0.1) is 0 Å². The van der Waals surface area contributed by atoms with E-state index in [-0.39, 0.29) is 0 Å². The summed E-state index contributed by atoms with van der Waals surface area (Å²) in [6, 6.07) is 0. The van der Waals surface area contributed by atoms with Crippen molar-refractivity contribution in [3.63, 3.8) is 0 Å². The topological polar surface area (TPSA) is 183 Å². The molecule has 1 aliphatic heterocycles. The van der Waals surface area contributed by atoms with Crippen LogP contribution >= 0.6 is 0 Å². The summed E-state index contributed by atoms with van der Waals surface area (Å²) in [5, 5.41) is 14.1. The lowest BCUT2D eigenvalue weighted by molar-refractivity contribution is -0.326. The number of esters is 4. The largest absolute Gasteiger partial charge is 0.463 e. The molecule has 1 rings (SSSR count). The van der Waals surface area contributed by atoms with Gasteiger partial charge in [0.15, 0.2) is 6.10 Å². The van der Waals surface area contributed by atoms with Crippen molar-refractivity contribution in [1.82, 2.24) is 0 Å². The Kier molecular flexibility index (Phi) is 7.52. The number of nitrogens with zero attached hydrogens (tertiary/aromatic N) is 3. The average Bonchev–Trinajstić information content (AvgIpc) is 2.51. The Morgan fingerprint density at radius 1 is 1.00 bits per heavy atom. The molecule has 0 radical (unpaired) electrons. The van der Waals surface area contributed by atoms with Crippen LogP contribution in [0.25, 0.3) is 10.4 Å². The Morgan fingerprint density at radius 2 is 1.52 bits per heavy atom. The summed E-state index contributed by atoms with van der Waals surface area (Å²) < 4.78 is 24.9. The van der Waals surface area contributed by atoms with Crippen LogP contribution in [0.4, 0.5) is 0 Å². The van der Waals surface area contributed by atoms with Crippen LogP contribution < -0.4 is 0 Å². The van der Waals surface area contributed by atoms with Gasteiger partial charge in [0.1, 0.15) is 12.7 Å². The number of azide groups is 1. The van der Waals surface area contributed by atoms with Crippen LogP contribution in [0, 0.1) is 0 Å². The Hall–Kier alpha value is -2.89. The first-order valence-electron chi connectivity index (χ1n) is 7.60.